The Hall–Kier alpha value is -3.12. The van der Waals surface area contributed by atoms with E-state index < -0.39 is 5.82 Å². The maximum atomic E-state index is 13.0. The Labute approximate surface area is 162 Å². The summed E-state index contributed by atoms with van der Waals surface area (Å²) in [6, 6.07) is 16.4. The summed E-state index contributed by atoms with van der Waals surface area (Å²) < 4.78 is 13.0. The van der Waals surface area contributed by atoms with Gasteiger partial charge in [-0.3, -0.25) is 9.78 Å². The van der Waals surface area contributed by atoms with Gasteiger partial charge in [-0.25, -0.2) is 9.37 Å². The Bertz CT molecular complexity index is 977. The number of halogens is 1. The van der Waals surface area contributed by atoms with Crippen molar-refractivity contribution in [2.24, 2.45) is 0 Å². The smallest absolute Gasteiger partial charge is 0.272 e. The van der Waals surface area contributed by atoms with Crippen LogP contribution in [0.15, 0.2) is 60.8 Å². The van der Waals surface area contributed by atoms with Crippen LogP contribution in [-0.2, 0) is 6.61 Å². The highest BCUT2D eigenvalue weighted by atomic mass is 19.1. The Kier molecular flexibility index (Phi) is 5.12. The van der Waals surface area contributed by atoms with Crippen LogP contribution in [0, 0.1) is 5.82 Å². The van der Waals surface area contributed by atoms with E-state index in [9.17, 15) is 14.3 Å². The first-order chi connectivity index (χ1) is 13.7. The summed E-state index contributed by atoms with van der Waals surface area (Å²) in [6.45, 7) is 0.963. The number of nitrogens with zero attached hydrogens (tertiary/aromatic N) is 3. The van der Waals surface area contributed by atoms with Crippen molar-refractivity contribution >= 4 is 5.91 Å². The second-order valence-corrected chi connectivity index (χ2v) is 6.85. The summed E-state index contributed by atoms with van der Waals surface area (Å²) in [5, 5.41) is 9.84. The maximum absolute atomic E-state index is 13.0. The molecule has 1 unspecified atom stereocenters. The van der Waals surface area contributed by atoms with Crippen LogP contribution in [0.4, 0.5) is 4.39 Å². The normalized spacial score (nSPS) is 16.4. The zero-order valence-electron chi connectivity index (χ0n) is 15.3. The molecule has 1 amide bonds. The number of likely N-dealkylation sites (tertiary alicyclic amines) is 1. The quantitative estimate of drug-likeness (QED) is 0.757. The SMILES string of the molecule is O=C(c1ccc(F)cn1)N1CCC(c2ccc(-c3ccccc3)nc2CO)C1. The first-order valence-corrected chi connectivity index (χ1v) is 9.22. The van der Waals surface area contributed by atoms with Crippen molar-refractivity contribution in [1.82, 2.24) is 14.9 Å². The second-order valence-electron chi connectivity index (χ2n) is 6.85. The van der Waals surface area contributed by atoms with Gasteiger partial charge in [0.15, 0.2) is 0 Å². The molecule has 3 aromatic rings. The van der Waals surface area contributed by atoms with Gasteiger partial charge in [0.2, 0.25) is 0 Å². The molecule has 2 aromatic heterocycles. The van der Waals surface area contributed by atoms with Crippen LogP contribution in [0.3, 0.4) is 0 Å². The van der Waals surface area contributed by atoms with Crippen molar-refractivity contribution < 1.29 is 14.3 Å². The average Bonchev–Trinajstić information content (AvgIpc) is 3.24. The molecule has 1 aliphatic heterocycles. The van der Waals surface area contributed by atoms with Gasteiger partial charge in [0.05, 0.1) is 24.2 Å². The van der Waals surface area contributed by atoms with E-state index in [1.807, 2.05) is 42.5 Å². The standard InChI is InChI=1S/C22H20FN3O2/c23-17-6-8-20(24-12-17)22(28)26-11-10-16(13-26)18-7-9-19(25-21(18)14-27)15-4-2-1-3-5-15/h1-9,12,16,27H,10-11,13-14H2. The molecule has 0 radical (unpaired) electrons. The van der Waals surface area contributed by atoms with E-state index >= 15 is 0 Å². The van der Waals surface area contributed by atoms with Crippen LogP contribution in [0.5, 0.6) is 0 Å². The number of carbonyl (C=O) groups excluding carboxylic acids is 1. The number of benzene rings is 1. The molecule has 1 aliphatic rings. The van der Waals surface area contributed by atoms with Gasteiger partial charge in [0.1, 0.15) is 11.5 Å². The predicted molar refractivity (Wildman–Crippen MR) is 103 cm³/mol. The average molecular weight is 377 g/mol. The number of rotatable bonds is 4. The van der Waals surface area contributed by atoms with E-state index in [2.05, 4.69) is 9.97 Å². The topological polar surface area (TPSA) is 66.3 Å². The number of hydrogen-bond acceptors (Lipinski definition) is 4. The van der Waals surface area contributed by atoms with E-state index in [1.165, 1.54) is 12.1 Å². The highest BCUT2D eigenvalue weighted by Crippen LogP contribution is 2.31. The molecule has 1 atom stereocenters. The van der Waals surface area contributed by atoms with E-state index in [-0.39, 0.29) is 24.1 Å². The minimum atomic E-state index is -0.465. The molecular weight excluding hydrogens is 357 g/mol. The number of aliphatic hydroxyl groups is 1. The fourth-order valence-corrected chi connectivity index (χ4v) is 3.64. The number of aromatic nitrogens is 2. The molecule has 1 aromatic carbocycles. The van der Waals surface area contributed by atoms with E-state index in [0.717, 1.165) is 29.4 Å². The lowest BCUT2D eigenvalue weighted by atomic mass is 9.96. The molecule has 4 rings (SSSR count). The molecule has 0 saturated carbocycles. The monoisotopic (exact) mass is 377 g/mol. The van der Waals surface area contributed by atoms with Gasteiger partial charge in [-0.2, -0.15) is 0 Å². The molecule has 142 valence electrons. The van der Waals surface area contributed by atoms with Gasteiger partial charge in [0.25, 0.3) is 5.91 Å². The molecule has 6 heteroatoms. The van der Waals surface area contributed by atoms with E-state index in [1.54, 1.807) is 4.90 Å². The Balaban J connectivity index is 1.53. The third-order valence-electron chi connectivity index (χ3n) is 5.09. The molecule has 0 aliphatic carbocycles. The summed E-state index contributed by atoms with van der Waals surface area (Å²) in [7, 11) is 0. The number of hydrogen-bond donors (Lipinski definition) is 1. The third-order valence-corrected chi connectivity index (χ3v) is 5.09. The van der Waals surface area contributed by atoms with Crippen molar-refractivity contribution in [3.8, 4) is 11.3 Å². The zero-order chi connectivity index (χ0) is 19.5. The van der Waals surface area contributed by atoms with Gasteiger partial charge in [0, 0.05) is 24.6 Å². The van der Waals surface area contributed by atoms with Crippen LogP contribution in [0.1, 0.15) is 34.1 Å². The number of carbonyl (C=O) groups is 1. The first kappa shape index (κ1) is 18.3. The number of aliphatic hydroxyl groups excluding tert-OH is 1. The predicted octanol–water partition coefficient (Wildman–Crippen LogP) is 3.40. The highest BCUT2D eigenvalue weighted by molar-refractivity contribution is 5.92. The van der Waals surface area contributed by atoms with Crippen LogP contribution in [0.25, 0.3) is 11.3 Å². The summed E-state index contributed by atoms with van der Waals surface area (Å²) >= 11 is 0. The summed E-state index contributed by atoms with van der Waals surface area (Å²) in [5.74, 6) is -0.571. The van der Waals surface area contributed by atoms with Crippen molar-refractivity contribution in [1.29, 1.82) is 0 Å². The largest absolute Gasteiger partial charge is 0.390 e. The van der Waals surface area contributed by atoms with Gasteiger partial charge < -0.3 is 10.0 Å². The molecule has 5 nitrogen and oxygen atoms in total. The summed E-state index contributed by atoms with van der Waals surface area (Å²) in [4.78, 5) is 22.8. The lowest BCUT2D eigenvalue weighted by Crippen LogP contribution is -2.29. The molecule has 1 saturated heterocycles. The first-order valence-electron chi connectivity index (χ1n) is 9.22. The third kappa shape index (κ3) is 3.64. The minimum absolute atomic E-state index is 0.101. The summed E-state index contributed by atoms with van der Waals surface area (Å²) in [6.07, 6.45) is 1.84. The molecule has 0 spiro atoms. The van der Waals surface area contributed by atoms with Gasteiger partial charge in [-0.1, -0.05) is 36.4 Å². The highest BCUT2D eigenvalue weighted by Gasteiger charge is 2.30. The Morgan fingerprint density at radius 1 is 1.14 bits per heavy atom. The van der Waals surface area contributed by atoms with Crippen molar-refractivity contribution in [2.75, 3.05) is 13.1 Å². The van der Waals surface area contributed by atoms with Crippen molar-refractivity contribution in [3.63, 3.8) is 0 Å². The van der Waals surface area contributed by atoms with E-state index in [0.29, 0.717) is 18.8 Å². The summed E-state index contributed by atoms with van der Waals surface area (Å²) in [5.41, 5.74) is 3.65. The number of amides is 1. The van der Waals surface area contributed by atoms with Crippen molar-refractivity contribution in [2.45, 2.75) is 18.9 Å². The zero-order valence-corrected chi connectivity index (χ0v) is 15.3. The Morgan fingerprint density at radius 2 is 1.96 bits per heavy atom. The molecular formula is C22H20FN3O2. The second kappa shape index (κ2) is 7.86. The van der Waals surface area contributed by atoms with Crippen LogP contribution >= 0.6 is 0 Å². The van der Waals surface area contributed by atoms with Crippen LogP contribution < -0.4 is 0 Å². The molecule has 0 bridgehead atoms. The Morgan fingerprint density at radius 3 is 2.68 bits per heavy atom. The molecule has 28 heavy (non-hydrogen) atoms. The molecule has 1 fully saturated rings. The minimum Gasteiger partial charge on any atom is -0.390 e. The maximum Gasteiger partial charge on any atom is 0.272 e. The van der Waals surface area contributed by atoms with Gasteiger partial charge >= 0.3 is 0 Å². The van der Waals surface area contributed by atoms with Crippen molar-refractivity contribution in [3.05, 3.63) is 83.6 Å². The molecule has 1 N–H and O–H groups in total. The van der Waals surface area contributed by atoms with Gasteiger partial charge in [-0.05, 0) is 30.2 Å². The van der Waals surface area contributed by atoms with Gasteiger partial charge in [-0.15, -0.1) is 0 Å². The van der Waals surface area contributed by atoms with E-state index in [4.69, 9.17) is 0 Å². The lowest BCUT2D eigenvalue weighted by Gasteiger charge is -2.18. The lowest BCUT2D eigenvalue weighted by molar-refractivity contribution is 0.0785. The molecule has 3 heterocycles. The fourth-order valence-electron chi connectivity index (χ4n) is 3.64. The van der Waals surface area contributed by atoms with Crippen LogP contribution in [0.2, 0.25) is 0 Å². The van der Waals surface area contributed by atoms with Crippen LogP contribution in [-0.4, -0.2) is 39.0 Å². The fraction of sp³-hybridized carbons (Fsp3) is 0.227. The number of pyridine rings is 2.